The second-order valence-corrected chi connectivity index (χ2v) is 12.5. The van der Waals surface area contributed by atoms with Gasteiger partial charge in [-0.15, -0.1) is 0 Å². The highest BCUT2D eigenvalue weighted by molar-refractivity contribution is 7.60. The molecule has 2 unspecified atom stereocenters. The smallest absolute Gasteiger partial charge is 0.478 e. The number of phosphoric ester groups is 2. The number of diazo groups is 1. The van der Waals surface area contributed by atoms with Crippen molar-refractivity contribution in [1.29, 1.82) is 5.39 Å². The van der Waals surface area contributed by atoms with E-state index in [1.54, 1.807) is 6.08 Å². The van der Waals surface area contributed by atoms with E-state index in [1.807, 2.05) is 0 Å². The van der Waals surface area contributed by atoms with Gasteiger partial charge in [0.1, 0.15) is 48.5 Å². The van der Waals surface area contributed by atoms with E-state index in [-0.39, 0.29) is 29.2 Å². The maximum Gasteiger partial charge on any atom is 0.478 e. The lowest BCUT2D eigenvalue weighted by molar-refractivity contribution is -0.221. The summed E-state index contributed by atoms with van der Waals surface area (Å²) in [4.78, 5) is 38.5. The molecule has 0 aromatic carbocycles. The summed E-state index contributed by atoms with van der Waals surface area (Å²) < 4.78 is 50.3. The number of aromatic nitrogens is 4. The molecule has 5 rings (SSSR count). The third-order valence-electron chi connectivity index (χ3n) is 6.68. The van der Waals surface area contributed by atoms with Gasteiger partial charge in [0.05, 0.1) is 25.7 Å². The van der Waals surface area contributed by atoms with Gasteiger partial charge in [-0.3, -0.25) is 13.7 Å². The molecule has 7 N–H and O–H groups in total. The Labute approximate surface area is 241 Å². The highest BCUT2D eigenvalue weighted by Gasteiger charge is 2.47. The van der Waals surface area contributed by atoms with E-state index < -0.39 is 77.9 Å². The van der Waals surface area contributed by atoms with Crippen LogP contribution in [0.25, 0.3) is 16.1 Å². The fourth-order valence-electron chi connectivity index (χ4n) is 4.60. The highest BCUT2D eigenvalue weighted by Crippen LogP contribution is 2.58. The Kier molecular flexibility index (Phi) is 8.95. The van der Waals surface area contributed by atoms with Crippen molar-refractivity contribution in [2.24, 2.45) is 0 Å². The normalized spacial score (nSPS) is 33.7. The van der Waals surface area contributed by atoms with E-state index in [0.717, 1.165) is 6.33 Å². The second-order valence-electron chi connectivity index (χ2n) is 9.52. The molecule has 21 nitrogen and oxygen atoms in total. The minimum atomic E-state index is -5.59. The quantitative estimate of drug-likeness (QED) is 0.116. The number of rotatable bonds is 10. The molecule has 2 aromatic rings. The van der Waals surface area contributed by atoms with Gasteiger partial charge in [0.25, 0.3) is 7.82 Å². The van der Waals surface area contributed by atoms with Crippen LogP contribution in [0.3, 0.4) is 0 Å². The summed E-state index contributed by atoms with van der Waals surface area (Å²) in [7, 11) is -11.0. The Morgan fingerprint density at radius 2 is 1.70 bits per heavy atom. The zero-order valence-electron chi connectivity index (χ0n) is 21.7. The van der Waals surface area contributed by atoms with Crippen LogP contribution in [0.5, 0.6) is 0 Å². The lowest BCUT2D eigenvalue weighted by atomic mass is 10.1. The van der Waals surface area contributed by atoms with Gasteiger partial charge >= 0.3 is 13.5 Å². The lowest BCUT2D eigenvalue weighted by Crippen LogP contribution is -2.42. The molecule has 2 aromatic heterocycles. The van der Waals surface area contributed by atoms with Gasteiger partial charge < -0.3 is 54.8 Å². The number of aliphatic hydroxyl groups excluding tert-OH is 4. The number of imidazole rings is 1. The molecule has 43 heavy (non-hydrogen) atoms. The first-order chi connectivity index (χ1) is 20.3. The fourth-order valence-corrected chi connectivity index (χ4v) is 6.65. The Bertz CT molecular complexity index is 1550. The third-order valence-corrected chi connectivity index (χ3v) is 9.25. The molecule has 0 amide bonds. The van der Waals surface area contributed by atoms with E-state index in [1.165, 1.54) is 28.1 Å². The molecule has 0 aliphatic carbocycles. The topological polar surface area (TPSA) is 306 Å². The number of fused-ring (bicyclic) bond motifs is 1. The molecule has 2 fully saturated rings. The standard InChI is InChI=1S/C20H26N8O13P2/c21-17-12-18(24-7-23-17)28(8-25-12)20-16(32)14(30)11(40-20)6-38-43(35,36)41-42(33,34)37-5-10-13(29)15(31)19(39-10)27-3-1-2-9(4-27)26-22/h1-2,4,7-8,10-11,13-16,19-20,29-32H,3,5-6H2,(H3-,21,23,24,33,34,35,36)/t10-,11-,13+,14+,15-,16-,19-,20-/m1/s1. The minimum Gasteiger partial charge on any atom is -0.756 e. The van der Waals surface area contributed by atoms with Crippen molar-refractivity contribution < 1.29 is 62.2 Å². The van der Waals surface area contributed by atoms with Crippen molar-refractivity contribution in [2.45, 2.75) is 49.1 Å². The molecular weight excluding hydrogens is 622 g/mol. The second kappa shape index (κ2) is 12.2. The number of allylic oxidation sites excluding steroid dienone is 1. The van der Waals surface area contributed by atoms with E-state index in [4.69, 9.17) is 20.6 Å². The summed E-state index contributed by atoms with van der Waals surface area (Å²) in [5.41, 5.74) is 6.23. The van der Waals surface area contributed by atoms with Crippen LogP contribution in [0.4, 0.5) is 5.82 Å². The monoisotopic (exact) mass is 648 g/mol. The van der Waals surface area contributed by atoms with Crippen molar-refractivity contribution in [2.75, 3.05) is 25.5 Å². The summed E-state index contributed by atoms with van der Waals surface area (Å²) in [5.74, 6) is 0.0499. The predicted molar refractivity (Wildman–Crippen MR) is 136 cm³/mol. The maximum atomic E-state index is 12.4. The van der Waals surface area contributed by atoms with Gasteiger partial charge in [-0.25, -0.2) is 23.8 Å². The Balaban J connectivity index is 1.15. The van der Waals surface area contributed by atoms with Crippen molar-refractivity contribution in [1.82, 2.24) is 24.4 Å². The van der Waals surface area contributed by atoms with Crippen molar-refractivity contribution in [3.05, 3.63) is 41.7 Å². The molecule has 5 heterocycles. The van der Waals surface area contributed by atoms with Crippen LogP contribution < -0.4 is 10.6 Å². The van der Waals surface area contributed by atoms with Gasteiger partial charge in [-0.2, -0.15) is 0 Å². The largest absolute Gasteiger partial charge is 0.756 e. The molecular formula is C20H26N8O13P2. The van der Waals surface area contributed by atoms with Gasteiger partial charge in [0.2, 0.25) is 5.39 Å². The number of nitrogens with two attached hydrogens (primary N) is 1. The number of phosphoric acid groups is 2. The van der Waals surface area contributed by atoms with Crippen molar-refractivity contribution in [3.8, 4) is 0 Å². The minimum absolute atomic E-state index is 0.0499. The molecule has 3 aliphatic rings. The Morgan fingerprint density at radius 1 is 1.05 bits per heavy atom. The average Bonchev–Trinajstić information content (AvgIpc) is 3.61. The number of nitrogens with zero attached hydrogens (tertiary/aromatic N) is 7. The molecule has 3 aliphatic heterocycles. The number of nitrogen functional groups attached to an aromatic ring is 1. The molecule has 2 saturated heterocycles. The summed E-state index contributed by atoms with van der Waals surface area (Å²) in [6.45, 7) is -1.63. The molecule has 10 atom stereocenters. The summed E-state index contributed by atoms with van der Waals surface area (Å²) in [6.07, 6.45) is -4.96. The van der Waals surface area contributed by atoms with Crippen LogP contribution in [0, 0.1) is 5.39 Å². The highest BCUT2D eigenvalue weighted by atomic mass is 31.3. The van der Waals surface area contributed by atoms with Crippen molar-refractivity contribution in [3.63, 3.8) is 0 Å². The molecule has 0 saturated carbocycles. The number of ether oxygens (including phenoxy) is 2. The maximum absolute atomic E-state index is 12.4. The van der Waals surface area contributed by atoms with Crippen LogP contribution in [0.15, 0.2) is 36.7 Å². The third kappa shape index (κ3) is 6.62. The first-order valence-electron chi connectivity index (χ1n) is 12.4. The van der Waals surface area contributed by atoms with Gasteiger partial charge in [0, 0.05) is 12.6 Å². The Morgan fingerprint density at radius 3 is 2.40 bits per heavy atom. The van der Waals surface area contributed by atoms with Gasteiger partial charge in [-0.05, 0) is 0 Å². The number of anilines is 1. The van der Waals surface area contributed by atoms with E-state index in [0.29, 0.717) is 0 Å². The number of hydrogen-bond acceptors (Lipinski definition) is 18. The number of hydrogen-bond donors (Lipinski definition) is 6. The molecule has 234 valence electrons. The summed E-state index contributed by atoms with van der Waals surface area (Å²) in [6, 6.07) is 0. The van der Waals surface area contributed by atoms with Crippen LogP contribution >= 0.6 is 15.6 Å². The molecule has 23 heteroatoms. The summed E-state index contributed by atoms with van der Waals surface area (Å²) in [5, 5.41) is 50.4. The van der Waals surface area contributed by atoms with Crippen molar-refractivity contribution >= 4 is 32.6 Å². The van der Waals surface area contributed by atoms with Crippen LogP contribution in [-0.4, -0.2) is 112 Å². The van der Waals surface area contributed by atoms with E-state index in [9.17, 15) is 39.3 Å². The molecule has 0 spiro atoms. The van der Waals surface area contributed by atoms with Gasteiger partial charge in [0.15, 0.2) is 28.9 Å². The van der Waals surface area contributed by atoms with Gasteiger partial charge in [-0.1, -0.05) is 6.08 Å². The first-order valence-corrected chi connectivity index (χ1v) is 15.4. The molecule has 0 radical (unpaired) electrons. The SMILES string of the molecule is N#[N+]C1=CN([C@@H]2O[C@H](COP(=O)([O-])OP(=O)(O)OC[C@H]3O[C@@H](n4cnc5c(N)ncnc54)[C@H](O)[C@H]3O)[C@H](O)[C@H]2O)CC=C1. The first kappa shape index (κ1) is 31.5. The van der Waals surface area contributed by atoms with Crippen LogP contribution in [0.1, 0.15) is 6.23 Å². The lowest BCUT2D eigenvalue weighted by Gasteiger charge is -2.28. The van der Waals surface area contributed by atoms with Crippen LogP contribution in [0.2, 0.25) is 0 Å². The van der Waals surface area contributed by atoms with Crippen LogP contribution in [-0.2, 0) is 32.0 Å². The number of aliphatic hydroxyl groups is 4. The zero-order chi connectivity index (χ0) is 31.1. The average molecular weight is 648 g/mol. The van der Waals surface area contributed by atoms with E-state index in [2.05, 4.69) is 33.3 Å². The van der Waals surface area contributed by atoms with E-state index >= 15 is 0 Å². The fraction of sp³-hybridized carbons (Fsp3) is 0.550. The zero-order valence-corrected chi connectivity index (χ0v) is 23.5. The predicted octanol–water partition coefficient (Wildman–Crippen LogP) is -2.34. The molecule has 0 bridgehead atoms. The summed E-state index contributed by atoms with van der Waals surface area (Å²) >= 11 is 0. The Hall–Kier alpha value is -2.93.